The van der Waals surface area contributed by atoms with Gasteiger partial charge >= 0.3 is 0 Å². The van der Waals surface area contributed by atoms with Crippen LogP contribution in [-0.4, -0.2) is 57.3 Å². The Balaban J connectivity index is 3.51. The Bertz CT molecular complexity index is 1180. The van der Waals surface area contributed by atoms with Gasteiger partial charge in [-0.25, -0.2) is 0 Å². The van der Waals surface area contributed by atoms with Crippen molar-refractivity contribution in [2.45, 2.75) is 449 Å². The fraction of sp³-hybridized carbons (Fsp3) is 0.959. The van der Waals surface area contributed by atoms with Gasteiger partial charge in [0, 0.05) is 0 Å². The number of unbranched alkanes of at least 4 members (excludes halogenated alkanes) is 59. The normalized spacial score (nSPS) is 13.4. The standard InChI is InChI=1S/C74H147NO5/c1-3-5-7-9-11-13-15-17-19-21-23-25-27-29-31-33-34-35-36-37-38-39-40-42-44-46-48-50-52-54-56-58-60-62-64-66-68-72(78)74(80)75-70(69-76)73(79)71(77)67-65-63-61-59-57-55-53-51-49-47-45-43-41-32-30-28-26-24-22-20-18-16-14-12-10-8-6-4-2/h59,61,70-73,76-79H,3-58,60,62-69H2,1-2H3,(H,75,80)/b61-59+. The zero-order valence-corrected chi connectivity index (χ0v) is 54.6. The van der Waals surface area contributed by atoms with Crippen LogP contribution in [0.25, 0.3) is 0 Å². The van der Waals surface area contributed by atoms with Crippen LogP contribution in [0.3, 0.4) is 0 Å². The number of hydrogen-bond donors (Lipinski definition) is 5. The molecule has 0 saturated carbocycles. The van der Waals surface area contributed by atoms with Gasteiger partial charge in [-0.15, -0.1) is 0 Å². The molecule has 0 aromatic rings. The Morgan fingerprint density at radius 2 is 0.512 bits per heavy atom. The van der Waals surface area contributed by atoms with Crippen LogP contribution in [-0.2, 0) is 4.79 Å². The third-order valence-electron chi connectivity index (χ3n) is 18.0. The van der Waals surface area contributed by atoms with Crippen LogP contribution in [0.15, 0.2) is 12.2 Å². The number of aliphatic hydroxyl groups is 4. The Morgan fingerprint density at radius 3 is 0.750 bits per heavy atom. The molecule has 6 heteroatoms. The molecule has 478 valence electrons. The van der Waals surface area contributed by atoms with Crippen molar-refractivity contribution in [3.63, 3.8) is 0 Å². The number of nitrogens with one attached hydrogen (secondary N) is 1. The predicted molar refractivity (Wildman–Crippen MR) is 353 cm³/mol. The third kappa shape index (κ3) is 61.6. The minimum absolute atomic E-state index is 0.369. The molecule has 1 amide bonds. The second-order valence-corrected chi connectivity index (χ2v) is 26.0. The SMILES string of the molecule is CCCCCCCCCCCCCCCCCCCCCCCCC/C=C/CCCC(O)C(O)C(CO)NC(=O)C(O)CCCCCCCCCCCCCCCCCCCCCCCCCCCCCCCCCCCCCC. The van der Waals surface area contributed by atoms with Crippen molar-refractivity contribution in [3.8, 4) is 0 Å². The van der Waals surface area contributed by atoms with E-state index in [4.69, 9.17) is 0 Å². The number of rotatable bonds is 70. The first-order chi connectivity index (χ1) is 39.5. The van der Waals surface area contributed by atoms with Gasteiger partial charge < -0.3 is 25.7 Å². The van der Waals surface area contributed by atoms with E-state index in [9.17, 15) is 25.2 Å². The largest absolute Gasteiger partial charge is 0.394 e. The minimum Gasteiger partial charge on any atom is -0.394 e. The maximum atomic E-state index is 12.7. The van der Waals surface area contributed by atoms with E-state index in [2.05, 4.69) is 31.3 Å². The van der Waals surface area contributed by atoms with Crippen LogP contribution < -0.4 is 5.32 Å². The van der Waals surface area contributed by atoms with E-state index in [0.29, 0.717) is 12.8 Å². The van der Waals surface area contributed by atoms with Crippen molar-refractivity contribution >= 4 is 5.91 Å². The summed E-state index contributed by atoms with van der Waals surface area (Å²) < 4.78 is 0. The van der Waals surface area contributed by atoms with Gasteiger partial charge in [0.1, 0.15) is 12.2 Å². The molecule has 0 bridgehead atoms. The highest BCUT2D eigenvalue weighted by Gasteiger charge is 2.28. The first kappa shape index (κ1) is 79.0. The van der Waals surface area contributed by atoms with Gasteiger partial charge in [-0.1, -0.05) is 398 Å². The summed E-state index contributed by atoms with van der Waals surface area (Å²) in [5.41, 5.74) is 0. The lowest BCUT2D eigenvalue weighted by atomic mass is 10.00. The molecule has 0 aromatic heterocycles. The Kier molecular flexibility index (Phi) is 68.0. The molecule has 5 N–H and O–H groups in total. The zero-order chi connectivity index (χ0) is 58.0. The van der Waals surface area contributed by atoms with Crippen molar-refractivity contribution in [1.82, 2.24) is 5.32 Å². The van der Waals surface area contributed by atoms with Crippen LogP contribution >= 0.6 is 0 Å². The number of aliphatic hydroxyl groups excluding tert-OH is 4. The summed E-state index contributed by atoms with van der Waals surface area (Å²) in [6, 6.07) is -1.00. The zero-order valence-electron chi connectivity index (χ0n) is 54.6. The summed E-state index contributed by atoms with van der Waals surface area (Å²) in [7, 11) is 0. The second kappa shape index (κ2) is 68.8. The molecule has 0 saturated heterocycles. The van der Waals surface area contributed by atoms with Gasteiger partial charge in [-0.3, -0.25) is 4.79 Å². The van der Waals surface area contributed by atoms with Crippen LogP contribution in [0.5, 0.6) is 0 Å². The number of hydrogen-bond acceptors (Lipinski definition) is 5. The van der Waals surface area contributed by atoms with Crippen LogP contribution in [0.2, 0.25) is 0 Å². The van der Waals surface area contributed by atoms with Gasteiger partial charge in [0.15, 0.2) is 0 Å². The molecule has 0 aromatic carbocycles. The van der Waals surface area contributed by atoms with E-state index in [-0.39, 0.29) is 0 Å². The number of carbonyl (C=O) groups excluding carboxylic acids is 1. The third-order valence-corrected chi connectivity index (χ3v) is 18.0. The Hall–Kier alpha value is -0.950. The minimum atomic E-state index is -1.28. The predicted octanol–water partition coefficient (Wildman–Crippen LogP) is 23.1. The van der Waals surface area contributed by atoms with Gasteiger partial charge in [0.05, 0.1) is 18.8 Å². The Morgan fingerprint density at radius 1 is 0.300 bits per heavy atom. The topological polar surface area (TPSA) is 110 Å². The first-order valence-electron chi connectivity index (χ1n) is 37.1. The van der Waals surface area contributed by atoms with Gasteiger partial charge in [-0.05, 0) is 38.5 Å². The average molecular weight is 1130 g/mol. The van der Waals surface area contributed by atoms with E-state index in [1.54, 1.807) is 0 Å². The molecule has 4 atom stereocenters. The summed E-state index contributed by atoms with van der Waals surface area (Å²) >= 11 is 0. The van der Waals surface area contributed by atoms with Crippen LogP contribution in [0, 0.1) is 0 Å². The molecular formula is C74H147NO5. The van der Waals surface area contributed by atoms with Crippen molar-refractivity contribution < 1.29 is 25.2 Å². The highest BCUT2D eigenvalue weighted by Crippen LogP contribution is 2.20. The molecule has 4 unspecified atom stereocenters. The molecule has 0 radical (unpaired) electrons. The molecule has 80 heavy (non-hydrogen) atoms. The number of allylic oxidation sites excluding steroid dienone is 2. The lowest BCUT2D eigenvalue weighted by Gasteiger charge is -2.27. The summed E-state index contributed by atoms with van der Waals surface area (Å²) in [5.74, 6) is -0.583. The Labute approximate surface area is 502 Å². The maximum absolute atomic E-state index is 12.7. The summed E-state index contributed by atoms with van der Waals surface area (Å²) in [6.07, 6.45) is 86.6. The molecule has 0 rings (SSSR count). The highest BCUT2D eigenvalue weighted by atomic mass is 16.3. The lowest BCUT2D eigenvalue weighted by Crippen LogP contribution is -2.53. The fourth-order valence-electron chi connectivity index (χ4n) is 12.2. The summed E-state index contributed by atoms with van der Waals surface area (Å²) in [5, 5.41) is 44.2. The van der Waals surface area contributed by atoms with Crippen LogP contribution in [0.4, 0.5) is 0 Å². The van der Waals surface area contributed by atoms with E-state index in [1.807, 2.05) is 0 Å². The molecule has 0 fully saturated rings. The lowest BCUT2D eigenvalue weighted by molar-refractivity contribution is -0.132. The molecular weight excluding hydrogens is 983 g/mol. The van der Waals surface area contributed by atoms with Crippen molar-refractivity contribution in [2.75, 3.05) is 6.61 Å². The van der Waals surface area contributed by atoms with Crippen molar-refractivity contribution in [2.24, 2.45) is 0 Å². The quantitative estimate of drug-likeness (QED) is 0.0308. The monoisotopic (exact) mass is 1130 g/mol. The smallest absolute Gasteiger partial charge is 0.249 e. The average Bonchev–Trinajstić information content (AvgIpc) is 3.46. The number of amides is 1. The van der Waals surface area contributed by atoms with E-state index in [1.165, 1.54) is 360 Å². The van der Waals surface area contributed by atoms with Crippen molar-refractivity contribution in [1.29, 1.82) is 0 Å². The first-order valence-corrected chi connectivity index (χ1v) is 37.1. The maximum Gasteiger partial charge on any atom is 0.249 e. The number of carbonyl (C=O) groups is 1. The summed E-state index contributed by atoms with van der Waals surface area (Å²) in [4.78, 5) is 12.7. The molecule has 0 aliphatic heterocycles. The molecule has 6 nitrogen and oxygen atoms in total. The molecule has 0 spiro atoms. The molecule has 0 heterocycles. The van der Waals surface area contributed by atoms with E-state index >= 15 is 0 Å². The van der Waals surface area contributed by atoms with Gasteiger partial charge in [0.2, 0.25) is 5.91 Å². The van der Waals surface area contributed by atoms with Crippen LogP contribution in [0.1, 0.15) is 425 Å². The molecule has 0 aliphatic rings. The highest BCUT2D eigenvalue weighted by molar-refractivity contribution is 5.80. The van der Waals surface area contributed by atoms with Gasteiger partial charge in [0.25, 0.3) is 0 Å². The van der Waals surface area contributed by atoms with E-state index < -0.39 is 36.9 Å². The van der Waals surface area contributed by atoms with E-state index in [0.717, 1.165) is 38.5 Å². The summed E-state index contributed by atoms with van der Waals surface area (Å²) in [6.45, 7) is 4.11. The fourth-order valence-corrected chi connectivity index (χ4v) is 12.2. The van der Waals surface area contributed by atoms with Gasteiger partial charge in [-0.2, -0.15) is 0 Å². The van der Waals surface area contributed by atoms with Crippen molar-refractivity contribution in [3.05, 3.63) is 12.2 Å². The second-order valence-electron chi connectivity index (χ2n) is 26.0. The molecule has 0 aliphatic carbocycles.